The molecule has 3 aromatic carbocycles. The van der Waals surface area contributed by atoms with Gasteiger partial charge in [0.15, 0.2) is 5.78 Å². The summed E-state index contributed by atoms with van der Waals surface area (Å²) in [6.07, 6.45) is -0.546. The summed E-state index contributed by atoms with van der Waals surface area (Å²) in [5, 5.41) is 4.80. The molecule has 0 saturated carbocycles. The number of benzene rings is 3. The lowest BCUT2D eigenvalue weighted by Crippen LogP contribution is -2.39. The molecule has 2 amide bonds. The van der Waals surface area contributed by atoms with E-state index in [2.05, 4.69) is 5.32 Å². The molecule has 0 fully saturated rings. The first-order chi connectivity index (χ1) is 17.2. The molecule has 5 rings (SSSR count). The number of ketones is 1. The number of alkyl carbamates (subject to hydrolysis) is 1. The Labute approximate surface area is 210 Å². The first-order valence-corrected chi connectivity index (χ1v) is 12.0. The van der Waals surface area contributed by atoms with Gasteiger partial charge in [-0.15, -0.1) is 0 Å². The number of likely N-dealkylation sites (N-methyl/N-ethyl adjacent to an activating group) is 1. The Bertz CT molecular complexity index is 1470. The minimum absolute atomic E-state index is 0.173. The van der Waals surface area contributed by atoms with Crippen LogP contribution >= 0.6 is 0 Å². The summed E-state index contributed by atoms with van der Waals surface area (Å²) in [5.74, 6) is -0.635. The Morgan fingerprint density at radius 3 is 2.14 bits per heavy atom. The lowest BCUT2D eigenvalue weighted by Gasteiger charge is -2.21. The number of carbonyl (C=O) groups excluding carboxylic acids is 3. The van der Waals surface area contributed by atoms with Crippen molar-refractivity contribution in [2.75, 3.05) is 20.1 Å². The van der Waals surface area contributed by atoms with Gasteiger partial charge < -0.3 is 15.0 Å². The van der Waals surface area contributed by atoms with Crippen LogP contribution in [0.3, 0.4) is 0 Å². The van der Waals surface area contributed by atoms with E-state index >= 15 is 0 Å². The van der Waals surface area contributed by atoms with E-state index in [1.165, 1.54) is 4.90 Å². The SMILES string of the molecule is CN(CCNC(=O)OC(C)(C)C)C(=O)C1=C2C(=C(c3ccccc3)C1=O)c1cccc3cccc2c13. The van der Waals surface area contributed by atoms with Crippen LogP contribution in [-0.2, 0) is 14.3 Å². The summed E-state index contributed by atoms with van der Waals surface area (Å²) < 4.78 is 5.26. The molecule has 0 aliphatic heterocycles. The number of allylic oxidation sites excluding steroid dienone is 3. The zero-order chi connectivity index (χ0) is 25.6. The van der Waals surface area contributed by atoms with Crippen LogP contribution in [0.5, 0.6) is 0 Å². The molecule has 36 heavy (non-hydrogen) atoms. The Morgan fingerprint density at radius 1 is 0.861 bits per heavy atom. The van der Waals surface area contributed by atoms with Crippen molar-refractivity contribution in [2.24, 2.45) is 0 Å². The minimum atomic E-state index is -0.608. The highest BCUT2D eigenvalue weighted by molar-refractivity contribution is 6.56. The maximum absolute atomic E-state index is 13.9. The van der Waals surface area contributed by atoms with Gasteiger partial charge in [0, 0.05) is 36.9 Å². The predicted molar refractivity (Wildman–Crippen MR) is 141 cm³/mol. The van der Waals surface area contributed by atoms with Gasteiger partial charge in [0.1, 0.15) is 5.60 Å². The second-order valence-corrected chi connectivity index (χ2v) is 10.1. The molecule has 0 atom stereocenters. The number of hydrogen-bond donors (Lipinski definition) is 1. The molecule has 0 saturated heterocycles. The van der Waals surface area contributed by atoms with E-state index in [-0.39, 0.29) is 30.4 Å². The van der Waals surface area contributed by atoms with Crippen molar-refractivity contribution >= 4 is 45.3 Å². The Morgan fingerprint density at radius 2 is 1.50 bits per heavy atom. The minimum Gasteiger partial charge on any atom is -0.444 e. The molecule has 6 heteroatoms. The monoisotopic (exact) mass is 480 g/mol. The third-order valence-electron chi connectivity index (χ3n) is 6.39. The van der Waals surface area contributed by atoms with Gasteiger partial charge in [-0.25, -0.2) is 4.79 Å². The van der Waals surface area contributed by atoms with Crippen molar-refractivity contribution in [3.63, 3.8) is 0 Å². The van der Waals surface area contributed by atoms with E-state index < -0.39 is 11.7 Å². The lowest BCUT2D eigenvalue weighted by molar-refractivity contribution is -0.127. The highest BCUT2D eigenvalue weighted by Crippen LogP contribution is 2.54. The summed E-state index contributed by atoms with van der Waals surface area (Å²) in [5.41, 5.74) is 4.30. The highest BCUT2D eigenvalue weighted by atomic mass is 16.6. The summed E-state index contributed by atoms with van der Waals surface area (Å²) in [4.78, 5) is 41.1. The van der Waals surface area contributed by atoms with Crippen molar-refractivity contribution in [2.45, 2.75) is 26.4 Å². The van der Waals surface area contributed by atoms with Crippen molar-refractivity contribution in [1.82, 2.24) is 10.2 Å². The second kappa shape index (κ2) is 8.79. The van der Waals surface area contributed by atoms with Crippen LogP contribution < -0.4 is 5.32 Å². The summed E-state index contributed by atoms with van der Waals surface area (Å²) >= 11 is 0. The predicted octanol–water partition coefficient (Wildman–Crippen LogP) is 5.08. The number of fused-ring (bicyclic) bond motifs is 3. The van der Waals surface area contributed by atoms with Crippen LogP contribution in [0.2, 0.25) is 0 Å². The molecule has 0 aromatic heterocycles. The topological polar surface area (TPSA) is 75.7 Å². The number of nitrogens with zero attached hydrogens (tertiary/aromatic N) is 1. The molecule has 182 valence electrons. The molecule has 2 aliphatic rings. The molecule has 0 bridgehead atoms. The standard InChI is InChI=1S/C30H28N2O4/c1-30(2,3)36-29(35)31-16-17-32(4)28(34)26-25-21-15-9-13-18-12-8-14-20(22(18)21)24(25)23(27(26)33)19-10-6-5-7-11-19/h5-15H,16-17H2,1-4H3,(H,31,35). The van der Waals surface area contributed by atoms with Crippen LogP contribution in [-0.4, -0.2) is 48.4 Å². The highest BCUT2D eigenvalue weighted by Gasteiger charge is 2.42. The fraction of sp³-hybridized carbons (Fsp3) is 0.233. The molecular formula is C30H28N2O4. The first-order valence-electron chi connectivity index (χ1n) is 12.0. The van der Waals surface area contributed by atoms with Crippen molar-refractivity contribution in [3.8, 4) is 0 Å². The maximum atomic E-state index is 13.9. The molecule has 0 radical (unpaired) electrons. The van der Waals surface area contributed by atoms with Crippen LogP contribution in [0.25, 0.3) is 27.5 Å². The molecular weight excluding hydrogens is 452 g/mol. The maximum Gasteiger partial charge on any atom is 0.407 e. The number of amides is 2. The molecule has 0 heterocycles. The Balaban J connectivity index is 1.51. The van der Waals surface area contributed by atoms with Gasteiger partial charge in [-0.3, -0.25) is 9.59 Å². The fourth-order valence-corrected chi connectivity index (χ4v) is 4.91. The summed E-state index contributed by atoms with van der Waals surface area (Å²) in [6, 6.07) is 21.5. The Hall–Kier alpha value is -4.19. The zero-order valence-corrected chi connectivity index (χ0v) is 20.8. The summed E-state index contributed by atoms with van der Waals surface area (Å²) in [7, 11) is 1.64. The number of rotatable bonds is 5. The van der Waals surface area contributed by atoms with E-state index in [0.29, 0.717) is 11.1 Å². The number of hydrogen-bond acceptors (Lipinski definition) is 4. The molecule has 0 spiro atoms. The smallest absolute Gasteiger partial charge is 0.407 e. The molecule has 0 unspecified atom stereocenters. The summed E-state index contributed by atoms with van der Waals surface area (Å²) in [6.45, 7) is 5.80. The Kier molecular flexibility index (Phi) is 5.75. The van der Waals surface area contributed by atoms with E-state index in [1.807, 2.05) is 66.7 Å². The normalized spacial score (nSPS) is 14.4. The van der Waals surface area contributed by atoms with Gasteiger partial charge in [0.05, 0.1) is 5.57 Å². The average Bonchev–Trinajstić information content (AvgIpc) is 3.31. The van der Waals surface area contributed by atoms with E-state index in [0.717, 1.165) is 33.0 Å². The molecule has 6 nitrogen and oxygen atoms in total. The quantitative estimate of drug-likeness (QED) is 0.517. The van der Waals surface area contributed by atoms with Crippen molar-refractivity contribution in [3.05, 3.63) is 89.0 Å². The lowest BCUT2D eigenvalue weighted by atomic mass is 9.95. The van der Waals surface area contributed by atoms with Gasteiger partial charge in [0.25, 0.3) is 5.91 Å². The zero-order valence-electron chi connectivity index (χ0n) is 20.8. The average molecular weight is 481 g/mol. The van der Waals surface area contributed by atoms with Crippen LogP contribution in [0, 0.1) is 0 Å². The van der Waals surface area contributed by atoms with E-state index in [4.69, 9.17) is 4.74 Å². The molecule has 3 aromatic rings. The fourth-order valence-electron chi connectivity index (χ4n) is 4.91. The van der Waals surface area contributed by atoms with Crippen molar-refractivity contribution in [1.29, 1.82) is 0 Å². The van der Waals surface area contributed by atoms with Gasteiger partial charge >= 0.3 is 6.09 Å². The first kappa shape index (κ1) is 23.5. The van der Waals surface area contributed by atoms with Crippen LogP contribution in [0.4, 0.5) is 4.79 Å². The van der Waals surface area contributed by atoms with E-state index in [9.17, 15) is 14.4 Å². The third-order valence-corrected chi connectivity index (χ3v) is 6.39. The van der Waals surface area contributed by atoms with Gasteiger partial charge in [-0.1, -0.05) is 66.7 Å². The van der Waals surface area contributed by atoms with E-state index in [1.54, 1.807) is 27.8 Å². The van der Waals surface area contributed by atoms with Crippen LogP contribution in [0.1, 0.15) is 37.5 Å². The number of nitrogens with one attached hydrogen (secondary N) is 1. The van der Waals surface area contributed by atoms with Gasteiger partial charge in [0.2, 0.25) is 0 Å². The second-order valence-electron chi connectivity index (χ2n) is 10.1. The number of Topliss-reactive ketones (excluding diaryl/α,β-unsaturated/α-hetero) is 1. The number of carbonyl (C=O) groups is 3. The number of ether oxygens (including phenoxy) is 1. The van der Waals surface area contributed by atoms with Gasteiger partial charge in [-0.2, -0.15) is 0 Å². The molecule has 2 aliphatic carbocycles. The van der Waals surface area contributed by atoms with Crippen LogP contribution in [0.15, 0.2) is 72.3 Å². The van der Waals surface area contributed by atoms with Gasteiger partial charge in [-0.05, 0) is 48.2 Å². The molecule has 1 N–H and O–H groups in total. The van der Waals surface area contributed by atoms with Crippen molar-refractivity contribution < 1.29 is 19.1 Å². The third kappa shape index (κ3) is 3.98. The largest absolute Gasteiger partial charge is 0.444 e.